The van der Waals surface area contributed by atoms with E-state index in [0.29, 0.717) is 12.2 Å². The quantitative estimate of drug-likeness (QED) is 0.649. The van der Waals surface area contributed by atoms with Crippen molar-refractivity contribution < 1.29 is 9.90 Å². The highest BCUT2D eigenvalue weighted by atomic mass is 16.3. The fourth-order valence-electron chi connectivity index (χ4n) is 1.88. The van der Waals surface area contributed by atoms with Crippen molar-refractivity contribution in [3.63, 3.8) is 0 Å². The number of imidazole rings is 1. The summed E-state index contributed by atoms with van der Waals surface area (Å²) in [4.78, 5) is 19.0. The molecule has 0 saturated heterocycles. The highest BCUT2D eigenvalue weighted by molar-refractivity contribution is 5.82. The van der Waals surface area contributed by atoms with Gasteiger partial charge >= 0.3 is 0 Å². The van der Waals surface area contributed by atoms with Crippen LogP contribution in [0.2, 0.25) is 0 Å². The third-order valence-electron chi connectivity index (χ3n) is 3.02. The van der Waals surface area contributed by atoms with Gasteiger partial charge in [-0.25, -0.2) is 4.98 Å². The first-order chi connectivity index (χ1) is 9.56. The van der Waals surface area contributed by atoms with Gasteiger partial charge in [0.15, 0.2) is 0 Å². The molecule has 0 aliphatic heterocycles. The topological polar surface area (TPSA) is 104 Å². The van der Waals surface area contributed by atoms with Gasteiger partial charge in [-0.15, -0.1) is 0 Å². The lowest BCUT2D eigenvalue weighted by atomic mass is 10.1. The number of aromatic amines is 1. The van der Waals surface area contributed by atoms with Gasteiger partial charge < -0.3 is 21.1 Å². The predicted molar refractivity (Wildman–Crippen MR) is 74.9 cm³/mol. The second kappa shape index (κ2) is 6.21. The van der Waals surface area contributed by atoms with Crippen molar-refractivity contribution in [2.24, 2.45) is 5.73 Å². The van der Waals surface area contributed by atoms with Crippen LogP contribution in [0.25, 0.3) is 0 Å². The maximum atomic E-state index is 12.0. The van der Waals surface area contributed by atoms with Crippen molar-refractivity contribution in [1.29, 1.82) is 0 Å². The van der Waals surface area contributed by atoms with Crippen LogP contribution in [0.5, 0.6) is 5.75 Å². The monoisotopic (exact) mass is 274 g/mol. The van der Waals surface area contributed by atoms with Crippen molar-refractivity contribution in [2.45, 2.75) is 25.4 Å². The number of H-pyrrole nitrogens is 1. The van der Waals surface area contributed by atoms with Crippen LogP contribution in [0.1, 0.15) is 24.4 Å². The minimum Gasteiger partial charge on any atom is -0.508 e. The van der Waals surface area contributed by atoms with E-state index in [-0.39, 0.29) is 17.7 Å². The van der Waals surface area contributed by atoms with E-state index in [1.165, 1.54) is 0 Å². The van der Waals surface area contributed by atoms with Gasteiger partial charge in [-0.1, -0.05) is 12.1 Å². The van der Waals surface area contributed by atoms with Crippen LogP contribution in [0.4, 0.5) is 0 Å². The molecule has 0 aliphatic rings. The Balaban J connectivity index is 1.90. The number of nitrogens with two attached hydrogens (primary N) is 1. The van der Waals surface area contributed by atoms with Crippen LogP contribution in [0.15, 0.2) is 36.7 Å². The van der Waals surface area contributed by atoms with Gasteiger partial charge in [0.1, 0.15) is 11.6 Å². The van der Waals surface area contributed by atoms with E-state index in [9.17, 15) is 9.90 Å². The van der Waals surface area contributed by atoms with E-state index in [1.54, 1.807) is 36.7 Å². The van der Waals surface area contributed by atoms with E-state index in [0.717, 1.165) is 5.56 Å². The van der Waals surface area contributed by atoms with Gasteiger partial charge in [-0.3, -0.25) is 4.79 Å². The average Bonchev–Trinajstić information content (AvgIpc) is 2.95. The number of rotatable bonds is 5. The zero-order valence-electron chi connectivity index (χ0n) is 11.2. The molecule has 0 saturated carbocycles. The molecule has 0 spiro atoms. The summed E-state index contributed by atoms with van der Waals surface area (Å²) in [6.07, 6.45) is 3.75. The van der Waals surface area contributed by atoms with E-state index in [2.05, 4.69) is 15.3 Å². The van der Waals surface area contributed by atoms with Gasteiger partial charge in [0.25, 0.3) is 0 Å². The van der Waals surface area contributed by atoms with Crippen LogP contribution in [0, 0.1) is 0 Å². The van der Waals surface area contributed by atoms with E-state index < -0.39 is 6.04 Å². The molecule has 0 fully saturated rings. The predicted octanol–water partition coefficient (Wildman–Crippen LogP) is 0.862. The zero-order valence-corrected chi connectivity index (χ0v) is 11.2. The molecule has 5 N–H and O–H groups in total. The Hall–Kier alpha value is -2.34. The molecule has 1 unspecified atom stereocenters. The van der Waals surface area contributed by atoms with Gasteiger partial charge in [0, 0.05) is 12.4 Å². The first-order valence-electron chi connectivity index (χ1n) is 6.39. The van der Waals surface area contributed by atoms with Crippen LogP contribution in [-0.2, 0) is 11.2 Å². The number of hydrogen-bond donors (Lipinski definition) is 4. The summed E-state index contributed by atoms with van der Waals surface area (Å²) in [6.45, 7) is 1.84. The number of phenols is 1. The summed E-state index contributed by atoms with van der Waals surface area (Å²) in [5.74, 6) is 0.648. The van der Waals surface area contributed by atoms with E-state index >= 15 is 0 Å². The SMILES string of the molecule is CC(NC(=O)[C@H](N)Cc1ccc(O)cc1)c1ncc[nH]1. The number of nitrogens with zero attached hydrogens (tertiary/aromatic N) is 1. The molecule has 0 bridgehead atoms. The van der Waals surface area contributed by atoms with Gasteiger partial charge in [0.2, 0.25) is 5.91 Å². The minimum absolute atomic E-state index is 0.193. The lowest BCUT2D eigenvalue weighted by molar-refractivity contribution is -0.123. The molecule has 2 aromatic rings. The standard InChI is InChI=1S/C14H18N4O2/c1-9(13-16-6-7-17-13)18-14(20)12(15)8-10-2-4-11(19)5-3-10/h2-7,9,12,19H,8,15H2,1H3,(H,16,17)(H,18,20)/t9?,12-/m1/s1. The Bertz CT molecular complexity index is 551. The Labute approximate surface area is 117 Å². The van der Waals surface area contributed by atoms with Crippen LogP contribution >= 0.6 is 0 Å². The van der Waals surface area contributed by atoms with Gasteiger partial charge in [-0.2, -0.15) is 0 Å². The number of amides is 1. The average molecular weight is 274 g/mol. The largest absolute Gasteiger partial charge is 0.508 e. The third-order valence-corrected chi connectivity index (χ3v) is 3.02. The van der Waals surface area contributed by atoms with Crippen LogP contribution < -0.4 is 11.1 Å². The lowest BCUT2D eigenvalue weighted by Crippen LogP contribution is -2.43. The number of carbonyl (C=O) groups excluding carboxylic acids is 1. The van der Waals surface area contributed by atoms with Gasteiger partial charge in [-0.05, 0) is 31.0 Å². The normalized spacial score (nSPS) is 13.7. The van der Waals surface area contributed by atoms with E-state index in [1.807, 2.05) is 6.92 Å². The molecule has 6 heteroatoms. The van der Waals surface area contributed by atoms with Crippen LogP contribution in [-0.4, -0.2) is 27.0 Å². The van der Waals surface area contributed by atoms with Crippen molar-refractivity contribution >= 4 is 5.91 Å². The van der Waals surface area contributed by atoms with Crippen molar-refractivity contribution in [3.05, 3.63) is 48.0 Å². The fraction of sp³-hybridized carbons (Fsp3) is 0.286. The Morgan fingerprint density at radius 1 is 1.45 bits per heavy atom. The molecule has 6 nitrogen and oxygen atoms in total. The van der Waals surface area contributed by atoms with Crippen molar-refractivity contribution in [3.8, 4) is 5.75 Å². The lowest BCUT2D eigenvalue weighted by Gasteiger charge is -2.16. The van der Waals surface area contributed by atoms with Crippen molar-refractivity contribution in [2.75, 3.05) is 0 Å². The number of aromatic hydroxyl groups is 1. The molecule has 1 aromatic carbocycles. The molecule has 1 heterocycles. The molecule has 2 rings (SSSR count). The first kappa shape index (κ1) is 14.1. The summed E-state index contributed by atoms with van der Waals surface area (Å²) in [5, 5.41) is 12.0. The summed E-state index contributed by atoms with van der Waals surface area (Å²) in [5.41, 5.74) is 6.78. The molecule has 0 radical (unpaired) electrons. The highest BCUT2D eigenvalue weighted by Gasteiger charge is 2.18. The molecule has 1 aromatic heterocycles. The smallest absolute Gasteiger partial charge is 0.237 e. The maximum absolute atomic E-state index is 12.0. The van der Waals surface area contributed by atoms with E-state index in [4.69, 9.17) is 5.73 Å². The Morgan fingerprint density at radius 3 is 2.75 bits per heavy atom. The summed E-state index contributed by atoms with van der Waals surface area (Å²) >= 11 is 0. The molecule has 106 valence electrons. The van der Waals surface area contributed by atoms with Crippen LogP contribution in [0.3, 0.4) is 0 Å². The molecular weight excluding hydrogens is 256 g/mol. The molecular formula is C14H18N4O2. The molecule has 2 atom stereocenters. The number of hydrogen-bond acceptors (Lipinski definition) is 4. The minimum atomic E-state index is -0.642. The number of phenolic OH excluding ortho intramolecular Hbond substituents is 1. The van der Waals surface area contributed by atoms with Crippen molar-refractivity contribution in [1.82, 2.24) is 15.3 Å². The fourth-order valence-corrected chi connectivity index (χ4v) is 1.88. The summed E-state index contributed by atoms with van der Waals surface area (Å²) < 4.78 is 0. The number of benzene rings is 1. The molecule has 0 aliphatic carbocycles. The maximum Gasteiger partial charge on any atom is 0.237 e. The number of aromatic nitrogens is 2. The Kier molecular flexibility index (Phi) is 4.37. The number of nitrogens with one attached hydrogen (secondary N) is 2. The summed E-state index contributed by atoms with van der Waals surface area (Å²) in [7, 11) is 0. The zero-order chi connectivity index (χ0) is 14.5. The molecule has 1 amide bonds. The summed E-state index contributed by atoms with van der Waals surface area (Å²) in [6, 6.07) is 5.79. The molecule has 20 heavy (non-hydrogen) atoms. The highest BCUT2D eigenvalue weighted by Crippen LogP contribution is 2.11. The number of carbonyl (C=O) groups is 1. The first-order valence-corrected chi connectivity index (χ1v) is 6.39. The van der Waals surface area contributed by atoms with Gasteiger partial charge in [0.05, 0.1) is 12.1 Å². The Morgan fingerprint density at radius 2 is 2.15 bits per heavy atom. The second-order valence-electron chi connectivity index (χ2n) is 4.68. The second-order valence-corrected chi connectivity index (χ2v) is 4.68. The third kappa shape index (κ3) is 3.58.